The van der Waals surface area contributed by atoms with E-state index in [1.807, 2.05) is 5.32 Å². The summed E-state index contributed by atoms with van der Waals surface area (Å²) in [5, 5.41) is 30.3. The van der Waals surface area contributed by atoms with E-state index in [0.29, 0.717) is 0 Å². The Morgan fingerprint density at radius 2 is 1.57 bits per heavy atom. The SMILES string of the molecule is NC(CS)C(=O)NC(CO)C(=O)NC(CC(=O)O)C(=O)O. The summed E-state index contributed by atoms with van der Waals surface area (Å²) in [6.07, 6.45) is -0.844. The molecule has 0 aromatic heterocycles. The summed E-state index contributed by atoms with van der Waals surface area (Å²) in [5.41, 5.74) is 5.36. The van der Waals surface area contributed by atoms with E-state index in [2.05, 4.69) is 17.9 Å². The van der Waals surface area contributed by atoms with Gasteiger partial charge in [0.15, 0.2) is 0 Å². The fraction of sp³-hybridized carbons (Fsp3) is 0.600. The predicted molar refractivity (Wildman–Crippen MR) is 72.7 cm³/mol. The summed E-state index contributed by atoms with van der Waals surface area (Å²) >= 11 is 3.79. The van der Waals surface area contributed by atoms with Crippen LogP contribution in [0.1, 0.15) is 6.42 Å². The highest BCUT2D eigenvalue weighted by Crippen LogP contribution is 1.95. The van der Waals surface area contributed by atoms with Gasteiger partial charge in [-0.1, -0.05) is 0 Å². The van der Waals surface area contributed by atoms with Crippen LogP contribution in [0, 0.1) is 0 Å². The Balaban J connectivity index is 4.73. The topological polar surface area (TPSA) is 179 Å². The van der Waals surface area contributed by atoms with Crippen molar-refractivity contribution in [1.82, 2.24) is 10.6 Å². The van der Waals surface area contributed by atoms with Gasteiger partial charge in [-0.15, -0.1) is 0 Å². The largest absolute Gasteiger partial charge is 0.481 e. The number of hydrogen-bond donors (Lipinski definition) is 7. The van der Waals surface area contributed by atoms with Crippen LogP contribution in [0.4, 0.5) is 0 Å². The molecule has 7 N–H and O–H groups in total. The molecule has 0 rings (SSSR count). The van der Waals surface area contributed by atoms with Crippen molar-refractivity contribution in [1.29, 1.82) is 0 Å². The maximum absolute atomic E-state index is 11.7. The van der Waals surface area contributed by atoms with Crippen molar-refractivity contribution in [3.63, 3.8) is 0 Å². The first-order valence-electron chi connectivity index (χ1n) is 5.75. The van der Waals surface area contributed by atoms with Crippen LogP contribution in [0.25, 0.3) is 0 Å². The fourth-order valence-corrected chi connectivity index (χ4v) is 1.37. The summed E-state index contributed by atoms with van der Waals surface area (Å²) in [7, 11) is 0. The summed E-state index contributed by atoms with van der Waals surface area (Å²) in [5.74, 6) is -4.78. The van der Waals surface area contributed by atoms with E-state index in [0.717, 1.165) is 0 Å². The van der Waals surface area contributed by atoms with Crippen LogP contribution in [0.5, 0.6) is 0 Å². The molecule has 0 aliphatic carbocycles. The molecule has 0 fully saturated rings. The van der Waals surface area contributed by atoms with Crippen LogP contribution in [0.3, 0.4) is 0 Å². The molecule has 11 heteroatoms. The Labute approximate surface area is 125 Å². The molecule has 0 aromatic rings. The molecular formula is C10H17N3O7S. The first kappa shape index (κ1) is 19.1. The molecule has 0 spiro atoms. The highest BCUT2D eigenvalue weighted by atomic mass is 32.1. The Bertz CT molecular complexity index is 417. The lowest BCUT2D eigenvalue weighted by Crippen LogP contribution is -2.56. The zero-order chi connectivity index (χ0) is 16.6. The van der Waals surface area contributed by atoms with E-state index in [-0.39, 0.29) is 5.75 Å². The van der Waals surface area contributed by atoms with Crippen LogP contribution in [0.15, 0.2) is 0 Å². The number of amides is 2. The van der Waals surface area contributed by atoms with Gasteiger partial charge in [-0.2, -0.15) is 12.6 Å². The summed E-state index contributed by atoms with van der Waals surface area (Å²) < 4.78 is 0. The predicted octanol–water partition coefficient (Wildman–Crippen LogP) is -3.24. The van der Waals surface area contributed by atoms with Gasteiger partial charge in [0.05, 0.1) is 19.1 Å². The first-order chi connectivity index (χ1) is 9.72. The number of aliphatic hydroxyl groups excluding tert-OH is 1. The first-order valence-corrected chi connectivity index (χ1v) is 6.38. The van der Waals surface area contributed by atoms with Gasteiger partial charge >= 0.3 is 11.9 Å². The highest BCUT2D eigenvalue weighted by Gasteiger charge is 2.28. The number of aliphatic carboxylic acids is 2. The monoisotopic (exact) mass is 323 g/mol. The van der Waals surface area contributed by atoms with E-state index < -0.39 is 54.9 Å². The Morgan fingerprint density at radius 1 is 1.05 bits per heavy atom. The Hall–Kier alpha value is -1.85. The van der Waals surface area contributed by atoms with Crippen molar-refractivity contribution >= 4 is 36.4 Å². The quantitative estimate of drug-likeness (QED) is 0.216. The average molecular weight is 323 g/mol. The second-order valence-electron chi connectivity index (χ2n) is 4.03. The van der Waals surface area contributed by atoms with E-state index in [4.69, 9.17) is 21.1 Å². The third kappa shape index (κ3) is 6.92. The van der Waals surface area contributed by atoms with Crippen molar-refractivity contribution in [3.05, 3.63) is 0 Å². The zero-order valence-corrected chi connectivity index (χ0v) is 11.7. The third-order valence-electron chi connectivity index (χ3n) is 2.34. The molecule has 3 unspecified atom stereocenters. The lowest BCUT2D eigenvalue weighted by molar-refractivity contribution is -0.147. The molecule has 0 radical (unpaired) electrons. The molecule has 0 bridgehead atoms. The van der Waals surface area contributed by atoms with Gasteiger partial charge < -0.3 is 31.7 Å². The smallest absolute Gasteiger partial charge is 0.326 e. The van der Waals surface area contributed by atoms with Gasteiger partial charge in [0.1, 0.15) is 12.1 Å². The maximum Gasteiger partial charge on any atom is 0.326 e. The molecule has 0 aliphatic heterocycles. The average Bonchev–Trinajstić information content (AvgIpc) is 2.41. The van der Waals surface area contributed by atoms with Gasteiger partial charge in [-0.3, -0.25) is 14.4 Å². The lowest BCUT2D eigenvalue weighted by Gasteiger charge is -2.20. The van der Waals surface area contributed by atoms with Crippen LogP contribution in [-0.2, 0) is 19.2 Å². The van der Waals surface area contributed by atoms with Gasteiger partial charge in [-0.25, -0.2) is 4.79 Å². The number of hydrogen-bond acceptors (Lipinski definition) is 7. The number of carboxylic acid groups (broad SMARTS) is 2. The normalized spacial score (nSPS) is 14.6. The Kier molecular flexibility index (Phi) is 8.35. The zero-order valence-electron chi connectivity index (χ0n) is 10.9. The highest BCUT2D eigenvalue weighted by molar-refractivity contribution is 7.80. The van der Waals surface area contributed by atoms with E-state index >= 15 is 0 Å². The molecule has 21 heavy (non-hydrogen) atoms. The maximum atomic E-state index is 11.7. The standard InChI is InChI=1S/C10H17N3O7S/c11-4(3-21)8(17)13-6(2-14)9(18)12-5(10(19)20)1-7(15)16/h4-6,14,21H,1-3,11H2,(H,12,18)(H,13,17)(H,15,16)(H,19,20). The van der Waals surface area contributed by atoms with Crippen molar-refractivity contribution in [2.45, 2.75) is 24.5 Å². The Morgan fingerprint density at radius 3 is 1.95 bits per heavy atom. The second kappa shape index (κ2) is 9.15. The number of carbonyl (C=O) groups is 4. The van der Waals surface area contributed by atoms with Crippen molar-refractivity contribution < 1.29 is 34.5 Å². The third-order valence-corrected chi connectivity index (χ3v) is 2.74. The minimum atomic E-state index is -1.68. The molecule has 120 valence electrons. The van der Waals surface area contributed by atoms with E-state index in [9.17, 15) is 19.2 Å². The molecule has 0 heterocycles. The number of carbonyl (C=O) groups excluding carboxylic acids is 2. The number of nitrogens with one attached hydrogen (secondary N) is 2. The van der Waals surface area contributed by atoms with E-state index in [1.54, 1.807) is 0 Å². The number of thiol groups is 1. The molecule has 0 aliphatic rings. The molecular weight excluding hydrogens is 306 g/mol. The van der Waals surface area contributed by atoms with Gasteiger partial charge in [-0.05, 0) is 0 Å². The molecule has 2 amide bonds. The van der Waals surface area contributed by atoms with Crippen molar-refractivity contribution in [3.8, 4) is 0 Å². The number of rotatable bonds is 9. The van der Waals surface area contributed by atoms with Crippen LogP contribution >= 0.6 is 12.6 Å². The minimum Gasteiger partial charge on any atom is -0.481 e. The molecule has 3 atom stereocenters. The van der Waals surface area contributed by atoms with Crippen molar-refractivity contribution in [2.24, 2.45) is 5.73 Å². The molecule has 0 aromatic carbocycles. The summed E-state index contributed by atoms with van der Waals surface area (Å²) in [4.78, 5) is 44.5. The number of nitrogens with two attached hydrogens (primary N) is 1. The molecule has 0 saturated carbocycles. The van der Waals surface area contributed by atoms with E-state index in [1.165, 1.54) is 0 Å². The second-order valence-corrected chi connectivity index (χ2v) is 4.40. The number of carboxylic acids is 2. The molecule has 10 nitrogen and oxygen atoms in total. The van der Waals surface area contributed by atoms with Crippen LogP contribution < -0.4 is 16.4 Å². The minimum absolute atomic E-state index is 0.00235. The molecule has 0 saturated heterocycles. The number of aliphatic hydroxyl groups is 1. The van der Waals surface area contributed by atoms with Gasteiger partial charge in [0, 0.05) is 5.75 Å². The van der Waals surface area contributed by atoms with Crippen molar-refractivity contribution in [2.75, 3.05) is 12.4 Å². The fourth-order valence-electron chi connectivity index (χ4n) is 1.20. The summed E-state index contributed by atoms with van der Waals surface area (Å²) in [6, 6.07) is -4.14. The summed E-state index contributed by atoms with van der Waals surface area (Å²) in [6.45, 7) is -0.809. The van der Waals surface area contributed by atoms with Crippen LogP contribution in [-0.4, -0.2) is 69.6 Å². The van der Waals surface area contributed by atoms with Crippen LogP contribution in [0.2, 0.25) is 0 Å². The van der Waals surface area contributed by atoms with Gasteiger partial charge in [0.25, 0.3) is 0 Å². The van der Waals surface area contributed by atoms with Gasteiger partial charge in [0.2, 0.25) is 11.8 Å². The lowest BCUT2D eigenvalue weighted by atomic mass is 10.2.